The molecule has 1 aromatic heterocycles. The third-order valence-electron chi connectivity index (χ3n) is 5.66. The average molecular weight is 592 g/mol. The number of benzene rings is 2. The molecule has 1 unspecified atom stereocenters. The van der Waals surface area contributed by atoms with E-state index in [1.165, 1.54) is 11.8 Å². The van der Waals surface area contributed by atoms with E-state index in [0.29, 0.717) is 52.1 Å². The predicted molar refractivity (Wildman–Crippen MR) is 147 cm³/mol. The number of aromatic nitrogens is 3. The van der Waals surface area contributed by atoms with Crippen LogP contribution in [0.15, 0.2) is 63.4 Å². The van der Waals surface area contributed by atoms with Crippen LogP contribution >= 0.6 is 39.3 Å². The topological polar surface area (TPSA) is 78.3 Å². The maximum absolute atomic E-state index is 13.3. The second-order valence-electron chi connectivity index (χ2n) is 8.21. The van der Waals surface area contributed by atoms with Crippen LogP contribution in [0.3, 0.4) is 0 Å². The van der Waals surface area contributed by atoms with Gasteiger partial charge in [0.1, 0.15) is 11.8 Å². The Morgan fingerprint density at radius 1 is 1.25 bits per heavy atom. The van der Waals surface area contributed by atoms with Crippen molar-refractivity contribution < 1.29 is 14.3 Å². The van der Waals surface area contributed by atoms with E-state index >= 15 is 0 Å². The Kier molecular flexibility index (Phi) is 8.98. The summed E-state index contributed by atoms with van der Waals surface area (Å²) in [7, 11) is 0. The first-order chi connectivity index (χ1) is 17.4. The van der Waals surface area contributed by atoms with Gasteiger partial charge in [0.2, 0.25) is 11.1 Å². The molecule has 190 valence electrons. The van der Waals surface area contributed by atoms with Crippen molar-refractivity contribution in [1.82, 2.24) is 14.8 Å². The van der Waals surface area contributed by atoms with E-state index in [2.05, 4.69) is 28.2 Å². The molecule has 0 radical (unpaired) electrons. The summed E-state index contributed by atoms with van der Waals surface area (Å²) in [6.07, 6.45) is 1.74. The van der Waals surface area contributed by atoms with E-state index in [1.807, 2.05) is 56.3 Å². The number of carbonyl (C=O) groups is 1. The molecule has 0 aliphatic carbocycles. The van der Waals surface area contributed by atoms with Crippen molar-refractivity contribution in [3.63, 3.8) is 0 Å². The number of hydrogen-bond donors (Lipinski definition) is 1. The Hall–Kier alpha value is -2.49. The van der Waals surface area contributed by atoms with Crippen LogP contribution in [0.2, 0.25) is 5.02 Å². The van der Waals surface area contributed by atoms with Gasteiger partial charge in [0.25, 0.3) is 0 Å². The van der Waals surface area contributed by atoms with Gasteiger partial charge in [-0.2, -0.15) is 4.98 Å². The number of anilines is 1. The summed E-state index contributed by atoms with van der Waals surface area (Å²) in [6.45, 7) is 6.69. The van der Waals surface area contributed by atoms with Crippen molar-refractivity contribution in [2.75, 3.05) is 18.5 Å². The van der Waals surface area contributed by atoms with Gasteiger partial charge in [-0.05, 0) is 50.1 Å². The van der Waals surface area contributed by atoms with Crippen LogP contribution in [0.1, 0.15) is 50.8 Å². The minimum absolute atomic E-state index is 0.360. The van der Waals surface area contributed by atoms with Crippen molar-refractivity contribution in [2.24, 2.45) is 0 Å². The number of nitrogens with one attached hydrogen (secondary N) is 1. The number of ether oxygens (including phenoxy) is 2. The molecule has 3 aromatic rings. The van der Waals surface area contributed by atoms with Gasteiger partial charge in [0.15, 0.2) is 0 Å². The van der Waals surface area contributed by atoms with Crippen LogP contribution in [0.25, 0.3) is 0 Å². The van der Waals surface area contributed by atoms with Gasteiger partial charge >= 0.3 is 5.97 Å². The summed E-state index contributed by atoms with van der Waals surface area (Å²) in [5.74, 6) is 1.46. The summed E-state index contributed by atoms with van der Waals surface area (Å²) in [5, 5.41) is 9.33. The number of nitrogens with zero attached hydrogens (tertiary/aromatic N) is 3. The number of thioether (sulfide) groups is 1. The molecule has 1 atom stereocenters. The first kappa shape index (κ1) is 26.6. The molecule has 0 saturated carbocycles. The standard InChI is InChI=1S/C26H28BrClN4O3S/c1-4-6-13-35-24(33)22-16(3)29-25-30-26(36-15-17-9-7-8-10-20(17)28)31-32(25)23(22)19-14-18(27)11-12-21(19)34-5-2/h7-12,14,23H,4-6,13,15H2,1-3H3,(H,29,30,31). The molecule has 0 saturated heterocycles. The van der Waals surface area contributed by atoms with Crippen molar-refractivity contribution in [3.8, 4) is 5.75 Å². The largest absolute Gasteiger partial charge is 0.494 e. The lowest BCUT2D eigenvalue weighted by Gasteiger charge is -2.29. The van der Waals surface area contributed by atoms with E-state index in [0.717, 1.165) is 28.4 Å². The van der Waals surface area contributed by atoms with Gasteiger partial charge < -0.3 is 14.8 Å². The Bertz CT molecular complexity index is 1280. The highest BCUT2D eigenvalue weighted by Crippen LogP contribution is 2.41. The number of carbonyl (C=O) groups excluding carboxylic acids is 1. The quantitative estimate of drug-likeness (QED) is 0.154. The zero-order chi connectivity index (χ0) is 25.7. The summed E-state index contributed by atoms with van der Waals surface area (Å²) in [4.78, 5) is 18.0. The maximum Gasteiger partial charge on any atom is 0.338 e. The van der Waals surface area contributed by atoms with E-state index in [1.54, 1.807) is 4.68 Å². The second-order valence-corrected chi connectivity index (χ2v) is 10.5. The normalized spacial score (nSPS) is 14.9. The first-order valence-corrected chi connectivity index (χ1v) is 14.0. The van der Waals surface area contributed by atoms with Gasteiger partial charge in [-0.25, -0.2) is 9.48 Å². The molecular weight excluding hydrogens is 564 g/mol. The smallest absolute Gasteiger partial charge is 0.338 e. The second kappa shape index (κ2) is 12.2. The molecule has 36 heavy (non-hydrogen) atoms. The molecule has 0 amide bonds. The monoisotopic (exact) mass is 590 g/mol. The minimum atomic E-state index is -0.573. The number of unbranched alkanes of at least 4 members (excludes halogenated alkanes) is 1. The SMILES string of the molecule is CCCCOC(=O)C1=C(C)Nc2nc(SCc3ccccc3Cl)nn2C1c1cc(Br)ccc1OCC. The number of hydrogen-bond acceptors (Lipinski definition) is 7. The van der Waals surface area contributed by atoms with Crippen LogP contribution in [0.4, 0.5) is 5.95 Å². The van der Waals surface area contributed by atoms with Gasteiger partial charge in [-0.15, -0.1) is 5.10 Å². The third kappa shape index (κ3) is 5.90. The highest BCUT2D eigenvalue weighted by atomic mass is 79.9. The molecule has 2 aromatic carbocycles. The number of rotatable bonds is 10. The Morgan fingerprint density at radius 3 is 2.81 bits per heavy atom. The van der Waals surface area contributed by atoms with Gasteiger partial charge in [-0.3, -0.25) is 0 Å². The molecule has 4 rings (SSSR count). The van der Waals surface area contributed by atoms with Crippen molar-refractivity contribution in [1.29, 1.82) is 0 Å². The molecule has 0 fully saturated rings. The van der Waals surface area contributed by atoms with Crippen LogP contribution in [0.5, 0.6) is 5.75 Å². The van der Waals surface area contributed by atoms with E-state index < -0.39 is 6.04 Å². The zero-order valence-corrected chi connectivity index (χ0v) is 23.5. The maximum atomic E-state index is 13.3. The number of fused-ring (bicyclic) bond motifs is 1. The molecule has 1 aliphatic heterocycles. The zero-order valence-electron chi connectivity index (χ0n) is 20.4. The summed E-state index contributed by atoms with van der Waals surface area (Å²) < 4.78 is 14.2. The Balaban J connectivity index is 1.74. The third-order valence-corrected chi connectivity index (χ3v) is 7.41. The fraction of sp³-hybridized carbons (Fsp3) is 0.346. The van der Waals surface area contributed by atoms with Crippen LogP contribution in [-0.2, 0) is 15.3 Å². The summed E-state index contributed by atoms with van der Waals surface area (Å²) >= 11 is 11.4. The lowest BCUT2D eigenvalue weighted by Crippen LogP contribution is -2.30. The van der Waals surface area contributed by atoms with Crippen LogP contribution in [0, 0.1) is 0 Å². The van der Waals surface area contributed by atoms with Crippen LogP contribution in [-0.4, -0.2) is 33.9 Å². The lowest BCUT2D eigenvalue weighted by molar-refractivity contribution is -0.139. The van der Waals surface area contributed by atoms with Gasteiger partial charge in [0.05, 0.1) is 18.8 Å². The molecule has 1 aliphatic rings. The highest BCUT2D eigenvalue weighted by molar-refractivity contribution is 9.10. The highest BCUT2D eigenvalue weighted by Gasteiger charge is 2.37. The van der Waals surface area contributed by atoms with Crippen molar-refractivity contribution >= 4 is 51.2 Å². The van der Waals surface area contributed by atoms with Crippen molar-refractivity contribution in [3.05, 3.63) is 74.4 Å². The number of halogens is 2. The van der Waals surface area contributed by atoms with E-state index in [-0.39, 0.29) is 5.97 Å². The van der Waals surface area contributed by atoms with E-state index in [9.17, 15) is 4.79 Å². The fourth-order valence-electron chi connectivity index (χ4n) is 3.91. The molecular formula is C26H28BrClN4O3S. The van der Waals surface area contributed by atoms with Crippen molar-refractivity contribution in [2.45, 2.75) is 50.6 Å². The molecule has 7 nitrogen and oxygen atoms in total. The Morgan fingerprint density at radius 2 is 2.06 bits per heavy atom. The Labute approximate surface area is 228 Å². The van der Waals surface area contributed by atoms with E-state index in [4.69, 9.17) is 31.2 Å². The van der Waals surface area contributed by atoms with Gasteiger partial charge in [0, 0.05) is 26.5 Å². The molecule has 0 spiro atoms. The number of esters is 1. The van der Waals surface area contributed by atoms with Gasteiger partial charge in [-0.1, -0.05) is 70.8 Å². The number of allylic oxidation sites excluding steroid dienone is 1. The molecule has 2 heterocycles. The predicted octanol–water partition coefficient (Wildman–Crippen LogP) is 7.02. The molecule has 1 N–H and O–H groups in total. The lowest BCUT2D eigenvalue weighted by atomic mass is 9.95. The fourth-order valence-corrected chi connectivity index (χ4v) is 5.40. The molecule has 10 heteroatoms. The summed E-state index contributed by atoms with van der Waals surface area (Å²) in [6, 6.07) is 12.9. The van der Waals surface area contributed by atoms with Crippen LogP contribution < -0.4 is 10.1 Å². The minimum Gasteiger partial charge on any atom is -0.494 e. The summed E-state index contributed by atoms with van der Waals surface area (Å²) in [5.41, 5.74) is 2.95. The average Bonchev–Trinajstić information content (AvgIpc) is 3.26. The first-order valence-electron chi connectivity index (χ1n) is 11.8. The molecule has 0 bridgehead atoms.